The molecule has 5 heterocycles. The molecule has 27 nitrogen and oxygen atoms in total. The zero-order chi connectivity index (χ0) is 74.3. The Hall–Kier alpha value is -9.41. The van der Waals surface area contributed by atoms with Crippen molar-refractivity contribution in [2.45, 2.75) is 149 Å². The first-order valence-electron chi connectivity index (χ1n) is 35.3. The predicted octanol–water partition coefficient (Wildman–Crippen LogP) is 7.50. The molecule has 5 atom stereocenters. The van der Waals surface area contributed by atoms with Crippen molar-refractivity contribution >= 4 is 85.8 Å². The summed E-state index contributed by atoms with van der Waals surface area (Å²) in [5.41, 5.74) is 7.92. The van der Waals surface area contributed by atoms with E-state index in [1.165, 1.54) is 29.0 Å². The van der Waals surface area contributed by atoms with E-state index in [0.29, 0.717) is 66.7 Å². The smallest absolute Gasteiger partial charge is 0.326 e. The van der Waals surface area contributed by atoms with Crippen LogP contribution in [0.5, 0.6) is 0 Å². The highest BCUT2D eigenvalue weighted by Crippen LogP contribution is 2.58. The van der Waals surface area contributed by atoms with Crippen LogP contribution in [0.3, 0.4) is 0 Å². The summed E-state index contributed by atoms with van der Waals surface area (Å²) < 4.78 is 14.7. The van der Waals surface area contributed by atoms with Crippen molar-refractivity contribution in [3.8, 4) is 22.5 Å². The number of anilines is 3. The maximum absolute atomic E-state index is 14.5. The third kappa shape index (κ3) is 18.5. The first kappa shape index (κ1) is 76.2. The molecule has 3 aromatic heterocycles. The van der Waals surface area contributed by atoms with E-state index in [4.69, 9.17) is 25.5 Å². The van der Waals surface area contributed by atoms with Crippen molar-refractivity contribution in [1.29, 1.82) is 0 Å². The van der Waals surface area contributed by atoms with Gasteiger partial charge in [-0.1, -0.05) is 59.8 Å². The maximum atomic E-state index is 14.5. The Bertz CT molecular complexity index is 4220. The monoisotopic (exact) mass is 1430 g/mol. The molecule has 552 valence electrons. The van der Waals surface area contributed by atoms with Crippen LogP contribution in [0.4, 0.5) is 17.3 Å². The number of carboxylic acid groups (broad SMARTS) is 1. The highest BCUT2D eigenvalue weighted by Gasteiger charge is 2.63. The molecule has 103 heavy (non-hydrogen) atoms. The van der Waals surface area contributed by atoms with Crippen molar-refractivity contribution in [2.24, 2.45) is 35.0 Å². The topological polar surface area (TPSA) is 370 Å². The normalized spacial score (nSPS) is 18.3. The van der Waals surface area contributed by atoms with Gasteiger partial charge in [0.2, 0.25) is 41.4 Å². The number of likely N-dealkylation sites (tertiary alicyclic amines) is 1. The van der Waals surface area contributed by atoms with Crippen LogP contribution in [-0.4, -0.2) is 173 Å². The number of nitrogens with zero attached hydrogens (tertiary/aromatic N) is 8. The van der Waals surface area contributed by atoms with E-state index in [-0.39, 0.29) is 147 Å². The number of aromatic amines is 1. The summed E-state index contributed by atoms with van der Waals surface area (Å²) in [5, 5.41) is 34.0. The number of hydrogen-bond acceptors (Lipinski definition) is 18. The molecule has 10 rings (SSSR count). The molecular weight excluding hydrogens is 1330 g/mol. The molecule has 9 N–H and O–H groups in total. The molecular formula is C75H99N15O12S. The lowest BCUT2D eigenvalue weighted by atomic mass is 9.85. The van der Waals surface area contributed by atoms with Crippen molar-refractivity contribution in [2.75, 3.05) is 79.9 Å². The van der Waals surface area contributed by atoms with Gasteiger partial charge < -0.3 is 51.8 Å². The molecule has 2 bridgehead atoms. The van der Waals surface area contributed by atoms with Gasteiger partial charge in [-0.25, -0.2) is 29.5 Å². The van der Waals surface area contributed by atoms with E-state index in [0.717, 1.165) is 29.7 Å². The summed E-state index contributed by atoms with van der Waals surface area (Å²) in [5.74, 6) is -2.37. The van der Waals surface area contributed by atoms with Crippen LogP contribution in [0.15, 0.2) is 95.9 Å². The summed E-state index contributed by atoms with van der Waals surface area (Å²) in [6.45, 7) is 16.8. The predicted molar refractivity (Wildman–Crippen MR) is 394 cm³/mol. The lowest BCUT2D eigenvalue weighted by Crippen LogP contribution is -2.44. The van der Waals surface area contributed by atoms with E-state index in [1.807, 2.05) is 80.9 Å². The van der Waals surface area contributed by atoms with E-state index in [1.54, 1.807) is 30.9 Å². The molecule has 6 aromatic rings. The fraction of sp³-hybridized carbons (Fsp3) is 0.520. The zero-order valence-corrected chi connectivity index (χ0v) is 61.7. The molecule has 2 fully saturated rings. The largest absolute Gasteiger partial charge is 0.480 e. The average Bonchev–Trinajstić information content (AvgIpc) is 1.56. The third-order valence-corrected chi connectivity index (χ3v) is 21.6. The summed E-state index contributed by atoms with van der Waals surface area (Å²) in [4.78, 5) is 137. The number of carbonyl (C=O) groups excluding carboxylic acids is 7. The van der Waals surface area contributed by atoms with Gasteiger partial charge in [-0.05, 0) is 172 Å². The highest BCUT2D eigenvalue weighted by molar-refractivity contribution is 8.32. The van der Waals surface area contributed by atoms with E-state index < -0.39 is 55.7 Å². The van der Waals surface area contributed by atoms with Crippen molar-refractivity contribution in [1.82, 2.24) is 61.1 Å². The van der Waals surface area contributed by atoms with Crippen LogP contribution in [0.25, 0.3) is 33.7 Å². The molecule has 0 spiro atoms. The summed E-state index contributed by atoms with van der Waals surface area (Å²) >= 11 is 0. The van der Waals surface area contributed by atoms with Gasteiger partial charge in [0.05, 0.1) is 77.0 Å². The number of nitrogens with one attached hydrogen (secondary N) is 6. The maximum Gasteiger partial charge on any atom is 0.326 e. The SMILES string of the molecule is CC(C)(CCNC(=O)CC[C@H](NC(=O)c1ccc(NCc2cnc3nc(N)[nH]c(=O)c3n2)cc1)C(=O)O)OCCC(C)(C)n1nnc2c1-c1ccccc1CN(C(=O)CCNC(=O)C(C)(C)COC(C)(C)CCNC(=O)CCN1C(=O)C3C4C=CC(C4CCCS(C)(C)C)C3C1=O)c1ccccc1-2. The first-order chi connectivity index (χ1) is 48.7. The number of imide groups is 1. The lowest BCUT2D eigenvalue weighted by Gasteiger charge is -2.32. The molecule has 4 unspecified atom stereocenters. The number of nitrogens with two attached hydrogens (primary N) is 1. The second-order valence-corrected chi connectivity index (χ2v) is 35.3. The Labute approximate surface area is 601 Å². The van der Waals surface area contributed by atoms with E-state index in [2.05, 4.69) is 91.3 Å². The number of carboxylic acids is 1. The summed E-state index contributed by atoms with van der Waals surface area (Å²) in [6, 6.07) is 20.4. The molecule has 2 aliphatic carbocycles. The van der Waals surface area contributed by atoms with Gasteiger partial charge in [0.25, 0.3) is 11.5 Å². The van der Waals surface area contributed by atoms with Gasteiger partial charge in [0, 0.05) is 74.4 Å². The minimum Gasteiger partial charge on any atom is -0.480 e. The van der Waals surface area contributed by atoms with Gasteiger partial charge in [0.1, 0.15) is 11.7 Å². The number of para-hydroxylation sites is 1. The zero-order valence-electron chi connectivity index (χ0n) is 60.9. The van der Waals surface area contributed by atoms with Crippen molar-refractivity contribution in [3.05, 3.63) is 118 Å². The minimum absolute atomic E-state index is 0.000765. The second-order valence-electron chi connectivity index (χ2n) is 30.8. The number of fused-ring (bicyclic) bond motifs is 11. The van der Waals surface area contributed by atoms with Crippen molar-refractivity contribution < 1.29 is 52.9 Å². The summed E-state index contributed by atoms with van der Waals surface area (Å²) in [7, 11) is -0.618. The Morgan fingerprint density at radius 3 is 2.07 bits per heavy atom. The Morgan fingerprint density at radius 2 is 1.40 bits per heavy atom. The van der Waals surface area contributed by atoms with Gasteiger partial charge in [-0.3, -0.25) is 48.2 Å². The third-order valence-electron chi connectivity index (χ3n) is 20.1. The van der Waals surface area contributed by atoms with E-state index >= 15 is 0 Å². The molecule has 3 aromatic carbocycles. The van der Waals surface area contributed by atoms with Gasteiger partial charge in [-0.15, -0.1) is 5.10 Å². The Morgan fingerprint density at radius 1 is 0.757 bits per heavy atom. The van der Waals surface area contributed by atoms with Crippen LogP contribution >= 0.6 is 10.0 Å². The molecule has 0 radical (unpaired) electrons. The molecule has 7 amide bonds. The molecule has 4 aliphatic rings. The van der Waals surface area contributed by atoms with E-state index in [9.17, 15) is 48.3 Å². The fourth-order valence-corrected chi connectivity index (χ4v) is 15.0. The number of amides is 7. The molecule has 1 saturated carbocycles. The number of allylic oxidation sites excluding steroid dienone is 2. The lowest BCUT2D eigenvalue weighted by molar-refractivity contribution is -0.142. The molecule has 1 saturated heterocycles. The number of H-pyrrole nitrogens is 1. The number of nitrogen functional groups attached to an aromatic ring is 1. The average molecular weight is 1430 g/mol. The summed E-state index contributed by atoms with van der Waals surface area (Å²) in [6.07, 6.45) is 15.9. The quantitative estimate of drug-likeness (QED) is 0.0143. The van der Waals surface area contributed by atoms with Crippen molar-refractivity contribution in [3.63, 3.8) is 0 Å². The number of hydrogen-bond donors (Lipinski definition) is 8. The standard InChI is InChI=1S/C75H99N15O12S/c1-72(2,44-102-75(7,8)33-37-78-57(92)31-38-88-67(96)59-51-26-27-52(60(59)68(88)97)50(51)20-16-40-103(9,10)11)70(100)79-35-30-58(93)89-43-46-17-12-13-18-49(46)63-61(53-19-14-15-21-55(53)89)86-87-90(63)73(3,4)34-39-101-74(5,6)32-36-77-56(91)29-28-54(69(98)99)83-65(94)45-22-24-47(25-23-45)80-41-48-42-81-64-62(82-48)66(95)85-71(76)84-64/h12-15,17-19,21-27,42,50-52,54,59-60,80H,16,20,28-41,43-44H2,1-11H3,(H,77,91)(H,78,92)(H,79,100)(H,83,94)(H,98,99)(H3,76,81,84,85,95)/t50?,51?,52?,54-,59?,60?/m0/s1. The number of aromatic nitrogens is 7. The Balaban J connectivity index is 0.647. The molecule has 28 heteroatoms. The Kier molecular flexibility index (Phi) is 23.4. The van der Waals surface area contributed by atoms with Crippen LogP contribution in [0, 0.1) is 35.0 Å². The first-order valence-corrected chi connectivity index (χ1v) is 38.3. The number of rotatable bonds is 34. The van der Waals surface area contributed by atoms with Crippen LogP contribution in [-0.2, 0) is 61.7 Å². The number of aliphatic carboxylic acids is 1. The van der Waals surface area contributed by atoms with Crippen LogP contribution in [0.1, 0.15) is 135 Å². The highest BCUT2D eigenvalue weighted by atomic mass is 32.3. The number of ether oxygens (including phenoxy) is 2. The van der Waals surface area contributed by atoms with Crippen LogP contribution in [0.2, 0.25) is 0 Å². The molecule has 2 aliphatic heterocycles. The van der Waals surface area contributed by atoms with Gasteiger partial charge in [0.15, 0.2) is 11.2 Å². The van der Waals surface area contributed by atoms with Crippen LogP contribution < -0.4 is 42.8 Å². The fourth-order valence-electron chi connectivity index (χ4n) is 14.0. The second kappa shape index (κ2) is 31.7. The number of carbonyl (C=O) groups is 8. The van der Waals surface area contributed by atoms with Gasteiger partial charge in [-0.2, -0.15) is 4.98 Å². The number of benzene rings is 3. The minimum atomic E-state index is -1.33. The van der Waals surface area contributed by atoms with Gasteiger partial charge >= 0.3 is 5.97 Å².